The van der Waals surface area contributed by atoms with Crippen LogP contribution < -0.4 is 4.72 Å². The van der Waals surface area contributed by atoms with E-state index in [0.717, 1.165) is 25.7 Å². The van der Waals surface area contributed by atoms with Gasteiger partial charge in [0, 0.05) is 5.56 Å². The van der Waals surface area contributed by atoms with E-state index in [1.165, 1.54) is 31.2 Å². The summed E-state index contributed by atoms with van der Waals surface area (Å²) in [6.45, 7) is 1.13. The van der Waals surface area contributed by atoms with E-state index in [2.05, 4.69) is 0 Å². The van der Waals surface area contributed by atoms with Gasteiger partial charge in [-0.2, -0.15) is 0 Å². The Morgan fingerprint density at radius 3 is 2.32 bits per heavy atom. The molecule has 1 aliphatic carbocycles. The van der Waals surface area contributed by atoms with Gasteiger partial charge < -0.3 is 4.74 Å². The minimum atomic E-state index is -3.94. The fraction of sp³-hybridized carbons (Fsp3) is 0.467. The lowest BCUT2D eigenvalue weighted by Crippen LogP contribution is -2.34. The van der Waals surface area contributed by atoms with Crippen LogP contribution in [0.25, 0.3) is 0 Å². The van der Waals surface area contributed by atoms with Gasteiger partial charge in [0.25, 0.3) is 15.9 Å². The van der Waals surface area contributed by atoms with Gasteiger partial charge in [0.1, 0.15) is 6.61 Å². The number of hydrogen-bond donors (Lipinski definition) is 1. The Labute approximate surface area is 129 Å². The summed E-state index contributed by atoms with van der Waals surface area (Å²) in [5, 5.41) is 0. The zero-order valence-corrected chi connectivity index (χ0v) is 13.2. The number of ketones is 1. The van der Waals surface area contributed by atoms with Gasteiger partial charge in [-0.3, -0.25) is 9.59 Å². The molecule has 6 nitrogen and oxygen atoms in total. The van der Waals surface area contributed by atoms with Gasteiger partial charge in [-0.05, 0) is 31.9 Å². The van der Waals surface area contributed by atoms with Gasteiger partial charge in [-0.15, -0.1) is 0 Å². The Morgan fingerprint density at radius 2 is 1.77 bits per heavy atom. The van der Waals surface area contributed by atoms with Crippen molar-refractivity contribution < 1.29 is 22.7 Å². The monoisotopic (exact) mass is 325 g/mol. The number of amides is 1. The van der Waals surface area contributed by atoms with Crippen molar-refractivity contribution in [1.29, 1.82) is 0 Å². The Kier molecular flexibility index (Phi) is 5.31. The molecule has 0 aromatic heterocycles. The molecule has 0 saturated heterocycles. The SMILES string of the molecule is CC(=O)c1ccc(S(=O)(=O)NC(=O)COC2CCCC2)cc1. The first-order valence-electron chi connectivity index (χ1n) is 7.17. The lowest BCUT2D eigenvalue weighted by molar-refractivity contribution is -0.125. The molecular formula is C15H19NO5S. The molecule has 1 aromatic rings. The van der Waals surface area contributed by atoms with Crippen LogP contribution in [-0.2, 0) is 19.6 Å². The van der Waals surface area contributed by atoms with Crippen molar-refractivity contribution in [3.8, 4) is 0 Å². The molecule has 1 fully saturated rings. The Morgan fingerprint density at radius 1 is 1.18 bits per heavy atom. The van der Waals surface area contributed by atoms with Crippen molar-refractivity contribution in [2.75, 3.05) is 6.61 Å². The molecule has 1 aliphatic rings. The normalized spacial score (nSPS) is 15.7. The van der Waals surface area contributed by atoms with Crippen LogP contribution in [0.5, 0.6) is 0 Å². The number of rotatable bonds is 6. The predicted molar refractivity (Wildman–Crippen MR) is 80.0 cm³/mol. The molecular weight excluding hydrogens is 306 g/mol. The quantitative estimate of drug-likeness (QED) is 0.803. The van der Waals surface area contributed by atoms with Crippen molar-refractivity contribution in [1.82, 2.24) is 4.72 Å². The van der Waals surface area contributed by atoms with E-state index in [-0.39, 0.29) is 23.4 Å². The average Bonchev–Trinajstić information content (AvgIpc) is 2.98. The third kappa shape index (κ3) is 4.38. The minimum Gasteiger partial charge on any atom is -0.368 e. The average molecular weight is 325 g/mol. The highest BCUT2D eigenvalue weighted by atomic mass is 32.2. The number of carbonyl (C=O) groups is 2. The maximum Gasteiger partial charge on any atom is 0.264 e. The molecule has 0 unspecified atom stereocenters. The number of nitrogens with one attached hydrogen (secondary N) is 1. The van der Waals surface area contributed by atoms with E-state index >= 15 is 0 Å². The van der Waals surface area contributed by atoms with Gasteiger partial charge in [-0.25, -0.2) is 13.1 Å². The maximum atomic E-state index is 12.0. The number of benzene rings is 1. The first-order valence-corrected chi connectivity index (χ1v) is 8.65. The molecule has 0 aliphatic heterocycles. The molecule has 7 heteroatoms. The molecule has 120 valence electrons. The van der Waals surface area contributed by atoms with Crippen molar-refractivity contribution in [3.63, 3.8) is 0 Å². The number of ether oxygens (including phenoxy) is 1. The van der Waals surface area contributed by atoms with E-state index in [9.17, 15) is 18.0 Å². The molecule has 22 heavy (non-hydrogen) atoms. The Balaban J connectivity index is 1.94. The first-order chi connectivity index (χ1) is 10.4. The number of sulfonamides is 1. The highest BCUT2D eigenvalue weighted by Gasteiger charge is 2.20. The van der Waals surface area contributed by atoms with Crippen molar-refractivity contribution in [2.24, 2.45) is 0 Å². The van der Waals surface area contributed by atoms with Crippen LogP contribution >= 0.6 is 0 Å². The predicted octanol–water partition coefficient (Wildman–Crippen LogP) is 1.65. The Bertz CT molecular complexity index is 645. The molecule has 1 saturated carbocycles. The van der Waals surface area contributed by atoms with E-state index in [0.29, 0.717) is 5.56 Å². The summed E-state index contributed by atoms with van der Waals surface area (Å²) >= 11 is 0. The second kappa shape index (κ2) is 7.02. The van der Waals surface area contributed by atoms with E-state index in [4.69, 9.17) is 4.74 Å². The molecule has 1 aromatic carbocycles. The van der Waals surface area contributed by atoms with Gasteiger partial charge in [0.2, 0.25) is 0 Å². The number of Topliss-reactive ketones (excluding diaryl/α,β-unsaturated/α-hetero) is 1. The lowest BCUT2D eigenvalue weighted by atomic mass is 10.2. The summed E-state index contributed by atoms with van der Waals surface area (Å²) in [5.74, 6) is -0.847. The molecule has 0 bridgehead atoms. The zero-order chi connectivity index (χ0) is 16.2. The van der Waals surface area contributed by atoms with Gasteiger partial charge >= 0.3 is 0 Å². The zero-order valence-electron chi connectivity index (χ0n) is 12.4. The second-order valence-corrected chi connectivity index (χ2v) is 7.01. The summed E-state index contributed by atoms with van der Waals surface area (Å²) in [4.78, 5) is 22.8. The standard InChI is InChI=1S/C15H19NO5S/c1-11(17)12-6-8-14(9-7-12)22(19,20)16-15(18)10-21-13-4-2-3-5-13/h6-9,13H,2-5,10H2,1H3,(H,16,18). The highest BCUT2D eigenvalue weighted by molar-refractivity contribution is 7.90. The van der Waals surface area contributed by atoms with Crippen LogP contribution in [0.4, 0.5) is 0 Å². The van der Waals surface area contributed by atoms with Crippen LogP contribution in [0.15, 0.2) is 29.2 Å². The highest BCUT2D eigenvalue weighted by Crippen LogP contribution is 2.20. The number of hydrogen-bond acceptors (Lipinski definition) is 5. The fourth-order valence-corrected chi connectivity index (χ4v) is 3.33. The van der Waals surface area contributed by atoms with Crippen LogP contribution in [-0.4, -0.2) is 32.8 Å². The summed E-state index contributed by atoms with van der Waals surface area (Å²) in [5.41, 5.74) is 0.412. The Hall–Kier alpha value is -1.73. The van der Waals surface area contributed by atoms with E-state index in [1.807, 2.05) is 4.72 Å². The summed E-state index contributed by atoms with van der Waals surface area (Å²) < 4.78 is 31.4. The van der Waals surface area contributed by atoms with Crippen LogP contribution in [0, 0.1) is 0 Å². The molecule has 0 heterocycles. The van der Waals surface area contributed by atoms with Crippen molar-refractivity contribution in [3.05, 3.63) is 29.8 Å². The molecule has 0 atom stereocenters. The molecule has 1 N–H and O–H groups in total. The second-order valence-electron chi connectivity index (χ2n) is 5.33. The summed E-state index contributed by atoms with van der Waals surface area (Å²) in [7, 11) is -3.94. The van der Waals surface area contributed by atoms with Gasteiger partial charge in [-0.1, -0.05) is 25.0 Å². The van der Waals surface area contributed by atoms with Crippen LogP contribution in [0.3, 0.4) is 0 Å². The van der Waals surface area contributed by atoms with E-state index in [1.54, 1.807) is 0 Å². The molecule has 0 radical (unpaired) electrons. The summed E-state index contributed by atoms with van der Waals surface area (Å²) in [6.07, 6.45) is 4.02. The maximum absolute atomic E-state index is 12.0. The van der Waals surface area contributed by atoms with Gasteiger partial charge in [0.15, 0.2) is 5.78 Å². The molecule has 2 rings (SSSR count). The molecule has 0 spiro atoms. The topological polar surface area (TPSA) is 89.5 Å². The van der Waals surface area contributed by atoms with E-state index < -0.39 is 15.9 Å². The van der Waals surface area contributed by atoms with Crippen LogP contribution in [0.1, 0.15) is 43.0 Å². The van der Waals surface area contributed by atoms with Crippen molar-refractivity contribution >= 4 is 21.7 Å². The number of carbonyl (C=O) groups excluding carboxylic acids is 2. The fourth-order valence-electron chi connectivity index (χ4n) is 2.36. The van der Waals surface area contributed by atoms with Crippen LogP contribution in [0.2, 0.25) is 0 Å². The lowest BCUT2D eigenvalue weighted by Gasteiger charge is -2.11. The third-order valence-corrected chi connectivity index (χ3v) is 4.96. The van der Waals surface area contributed by atoms with Crippen molar-refractivity contribution in [2.45, 2.75) is 43.6 Å². The summed E-state index contributed by atoms with van der Waals surface area (Å²) in [6, 6.07) is 5.42. The first kappa shape index (κ1) is 16.6. The largest absolute Gasteiger partial charge is 0.368 e. The molecule has 1 amide bonds. The minimum absolute atomic E-state index is 0.0447. The smallest absolute Gasteiger partial charge is 0.264 e. The third-order valence-electron chi connectivity index (χ3n) is 3.57. The van der Waals surface area contributed by atoms with Gasteiger partial charge in [0.05, 0.1) is 11.0 Å².